The summed E-state index contributed by atoms with van der Waals surface area (Å²) in [4.78, 5) is 0. The molecule has 12 aromatic rings. The largest absolute Gasteiger partial charge is 0.212 e. The lowest BCUT2D eigenvalue weighted by Crippen LogP contribution is -2.32. The van der Waals surface area contributed by atoms with E-state index >= 15 is 0 Å². The standard InChI is InChI=1S/C26H30N.C25H28N.C24H26N.C23H24N/c1-17-7-9-23-21(13-17)15-20-8-10-22(18(2)25(20)23)24-14-19(11-12-27(24)6)16-26(3,4)5;1-15(2)23-13-24(26(6)14-17(23)4)21-10-8-19-12-20-11-16(3)7-9-22(20)25(19)18(21)5;1-15(2)18-10-11-25(5)23(14-18)21-9-7-19-13-20-12-16(3)6-8-22(20)24(19)17(21)4;1-14-6-8-21-19(10-14)12-18-7-9-20(17(4)23(18)21)22-11-15(2)16(3)13-24(22)5/h7-14H,15-16H2,1-6H3;7-11,13-15H,12H2,1-6H3;6-12,14-15H,13H2,1-5H3;6-11,13H,12H2,1-5H3/q4*+1/i16D2;4D3,15D;15D;3D3. The van der Waals surface area contributed by atoms with E-state index in [1.54, 1.807) is 26.2 Å². The van der Waals surface area contributed by atoms with Crippen LogP contribution in [0.15, 0.2) is 183 Å². The van der Waals surface area contributed by atoms with Crippen molar-refractivity contribution in [3.8, 4) is 89.5 Å². The number of hydrogen-bond donors (Lipinski definition) is 0. The molecule has 16 rings (SSSR count). The maximum absolute atomic E-state index is 8.70. The van der Waals surface area contributed by atoms with Crippen LogP contribution in [0, 0.1) is 81.4 Å². The van der Waals surface area contributed by atoms with Gasteiger partial charge in [-0.1, -0.05) is 168 Å². The fraction of sp³-hybridized carbons (Fsp3) is 0.306. The van der Waals surface area contributed by atoms with Gasteiger partial charge in [0.15, 0.2) is 24.8 Å². The molecule has 0 unspecified atom stereocenters. The summed E-state index contributed by atoms with van der Waals surface area (Å²) in [6.07, 6.45) is 10.0. The third kappa shape index (κ3) is 13.7. The van der Waals surface area contributed by atoms with E-state index in [-0.39, 0.29) is 5.56 Å². The lowest BCUT2D eigenvalue weighted by molar-refractivity contribution is -0.660. The molecule has 4 aromatic heterocycles. The number of fused-ring (bicyclic) bond motifs is 12. The van der Waals surface area contributed by atoms with Crippen molar-refractivity contribution in [2.75, 3.05) is 0 Å². The zero-order valence-electron chi connectivity index (χ0n) is 73.9. The number of benzene rings is 8. The first-order chi connectivity index (χ1) is 52.3. The van der Waals surface area contributed by atoms with Crippen LogP contribution in [-0.4, -0.2) is 0 Å². The zero-order chi connectivity index (χ0) is 81.3. The predicted molar refractivity (Wildman–Crippen MR) is 429 cm³/mol. The third-order valence-corrected chi connectivity index (χ3v) is 21.6. The molecule has 102 heavy (non-hydrogen) atoms. The van der Waals surface area contributed by atoms with E-state index in [1.165, 1.54) is 150 Å². The molecule has 4 heterocycles. The molecule has 0 N–H and O–H groups in total. The Morgan fingerprint density at radius 2 is 0.686 bits per heavy atom. The van der Waals surface area contributed by atoms with E-state index in [2.05, 4.69) is 211 Å². The minimum Gasteiger partial charge on any atom is -0.201 e. The van der Waals surface area contributed by atoms with Gasteiger partial charge in [0.25, 0.3) is 0 Å². The Bertz CT molecular complexity index is 5810. The number of nitrogens with zero attached hydrogens (tertiary/aromatic N) is 4. The third-order valence-electron chi connectivity index (χ3n) is 21.6. The van der Waals surface area contributed by atoms with Crippen LogP contribution in [0.2, 0.25) is 0 Å². The van der Waals surface area contributed by atoms with Crippen LogP contribution in [0.1, 0.15) is 196 Å². The van der Waals surface area contributed by atoms with Crippen LogP contribution in [0.3, 0.4) is 0 Å². The molecule has 0 aliphatic heterocycles. The highest BCUT2D eigenvalue weighted by Crippen LogP contribution is 2.47. The fourth-order valence-electron chi connectivity index (χ4n) is 16.4. The Morgan fingerprint density at radius 1 is 0.353 bits per heavy atom. The van der Waals surface area contributed by atoms with Crippen LogP contribution in [0.25, 0.3) is 89.5 Å². The molecule has 516 valence electrons. The van der Waals surface area contributed by atoms with Crippen molar-refractivity contribution in [3.05, 3.63) is 305 Å². The SMILES string of the molecule is [2H]C(C)(C)c1cc[n+](C)c(-c2ccc3c(c2C)-c2ccc(C)cc2C3)c1.[2H]C([2H])([2H])c1c[n+](C)c(-c2ccc3c(c2C)-c2ccc(C)cc2C3)cc1C.[2H]C([2H])([2H])c1c[n+](C)c(-c2ccc3c(c2C)-c2ccc(C)cc2C3)cc1C([2H])(C)C.[2H]C([2H])(c1cc[n+](C)c(-c2ccc3c(c2C)-c2ccc(C)cc2C3)c1)C(C)(C)C. The highest BCUT2D eigenvalue weighted by molar-refractivity contribution is 5.88. The number of aromatic nitrogens is 4. The maximum Gasteiger partial charge on any atom is 0.212 e. The molecule has 4 aliphatic rings. The molecule has 8 aromatic carbocycles. The van der Waals surface area contributed by atoms with Crippen molar-refractivity contribution in [2.24, 2.45) is 33.6 Å². The van der Waals surface area contributed by atoms with Gasteiger partial charge in [-0.05, 0) is 283 Å². The summed E-state index contributed by atoms with van der Waals surface area (Å²) >= 11 is 0. The van der Waals surface area contributed by atoms with Crippen LogP contribution in [0.4, 0.5) is 0 Å². The van der Waals surface area contributed by atoms with Crippen molar-refractivity contribution < 1.29 is 32.0 Å². The molecule has 0 bridgehead atoms. The lowest BCUT2D eigenvalue weighted by Gasteiger charge is -2.18. The normalized spacial score (nSPS) is 14.5. The number of rotatable bonds is 7. The molecule has 0 fully saturated rings. The lowest BCUT2D eigenvalue weighted by atomic mass is 9.87. The van der Waals surface area contributed by atoms with E-state index in [0.29, 0.717) is 11.1 Å². The Kier molecular flexibility index (Phi) is 16.2. The van der Waals surface area contributed by atoms with E-state index in [1.807, 2.05) is 102 Å². The zero-order valence-corrected chi connectivity index (χ0v) is 63.9. The average molecular weight is 1350 g/mol. The van der Waals surface area contributed by atoms with Crippen LogP contribution in [-0.2, 0) is 60.2 Å². The number of hydrogen-bond acceptors (Lipinski definition) is 0. The summed E-state index contributed by atoms with van der Waals surface area (Å²) in [7, 11) is 7.93. The van der Waals surface area contributed by atoms with Gasteiger partial charge in [-0.25, -0.2) is 18.3 Å². The van der Waals surface area contributed by atoms with E-state index in [9.17, 15) is 0 Å². The highest BCUT2D eigenvalue weighted by atomic mass is 14.9. The van der Waals surface area contributed by atoms with Gasteiger partial charge in [-0.3, -0.25) is 0 Å². The van der Waals surface area contributed by atoms with Gasteiger partial charge in [0.05, 0.1) is 0 Å². The summed E-state index contributed by atoms with van der Waals surface area (Å²) in [5.41, 5.74) is 44.2. The molecule has 0 radical (unpaired) electrons. The van der Waals surface area contributed by atoms with E-state index < -0.39 is 37.3 Å². The van der Waals surface area contributed by atoms with Crippen LogP contribution >= 0.6 is 0 Å². The van der Waals surface area contributed by atoms with Gasteiger partial charge in [0.1, 0.15) is 28.2 Å². The summed E-state index contributed by atoms with van der Waals surface area (Å²) in [6.45, 7) is 28.1. The quantitative estimate of drug-likeness (QED) is 0.141. The molecule has 0 saturated heterocycles. The minimum absolute atomic E-state index is 0.244. The second-order valence-corrected chi connectivity index (χ2v) is 31.1. The summed E-state index contributed by atoms with van der Waals surface area (Å²) in [5.74, 6) is -1.61. The fourth-order valence-corrected chi connectivity index (χ4v) is 16.4. The second-order valence-electron chi connectivity index (χ2n) is 31.1. The monoisotopic (exact) mass is 1350 g/mol. The number of pyridine rings is 4. The van der Waals surface area contributed by atoms with Gasteiger partial charge in [-0.15, -0.1) is 0 Å². The van der Waals surface area contributed by atoms with Crippen molar-refractivity contribution in [1.82, 2.24) is 0 Å². The Hall–Kier alpha value is -9.64. The Labute approximate surface area is 625 Å². The molecule has 4 heteroatoms. The minimum atomic E-state index is -2.26. The molecule has 0 atom stereocenters. The van der Waals surface area contributed by atoms with Crippen molar-refractivity contribution in [1.29, 1.82) is 0 Å². The van der Waals surface area contributed by atoms with Gasteiger partial charge in [-0.2, -0.15) is 0 Å². The molecule has 4 nitrogen and oxygen atoms in total. The smallest absolute Gasteiger partial charge is 0.201 e. The second kappa shape index (κ2) is 28.0. The highest BCUT2D eigenvalue weighted by Gasteiger charge is 2.30. The summed E-state index contributed by atoms with van der Waals surface area (Å²) < 4.78 is 89.5. The molecular formula is C98H108N4+4. The van der Waals surface area contributed by atoms with Gasteiger partial charge < -0.3 is 0 Å². The first-order valence-electron chi connectivity index (χ1n) is 41.3. The van der Waals surface area contributed by atoms with Gasteiger partial charge in [0, 0.05) is 83.5 Å². The first kappa shape index (κ1) is 58.9. The molecular weight excluding hydrogens is 1230 g/mol. The van der Waals surface area contributed by atoms with Crippen LogP contribution in [0.5, 0.6) is 0 Å². The van der Waals surface area contributed by atoms with Crippen LogP contribution < -0.4 is 18.3 Å². The summed E-state index contributed by atoms with van der Waals surface area (Å²) in [5, 5.41) is 0. The first-order valence-corrected chi connectivity index (χ1v) is 36.3. The Balaban J connectivity index is 0.000000131. The van der Waals surface area contributed by atoms with E-state index in [0.717, 1.165) is 70.6 Å². The maximum atomic E-state index is 8.70. The van der Waals surface area contributed by atoms with Crippen molar-refractivity contribution >= 4 is 0 Å². The van der Waals surface area contributed by atoms with Crippen molar-refractivity contribution in [2.45, 2.75) is 168 Å². The number of aryl methyl sites for hydroxylation is 11. The molecule has 4 aliphatic carbocycles. The van der Waals surface area contributed by atoms with Crippen molar-refractivity contribution in [3.63, 3.8) is 0 Å². The molecule has 0 amide bonds. The van der Waals surface area contributed by atoms with Gasteiger partial charge >= 0.3 is 0 Å². The molecule has 0 spiro atoms. The molecule has 0 saturated carbocycles. The topological polar surface area (TPSA) is 15.5 Å². The van der Waals surface area contributed by atoms with E-state index in [4.69, 9.17) is 13.7 Å². The van der Waals surface area contributed by atoms with Gasteiger partial charge in [0.2, 0.25) is 22.8 Å². The predicted octanol–water partition coefficient (Wildman–Crippen LogP) is 22.2. The summed E-state index contributed by atoms with van der Waals surface area (Å²) in [6, 6.07) is 56.7. The average Bonchev–Trinajstić information content (AvgIpc) is 1.47. The Morgan fingerprint density at radius 3 is 1.04 bits per heavy atom.